The van der Waals surface area contributed by atoms with Crippen LogP contribution in [-0.2, 0) is 14.3 Å². The number of hydrogen-bond acceptors (Lipinski definition) is 9. The van der Waals surface area contributed by atoms with Crippen LogP contribution >= 0.6 is 0 Å². The number of hydrogen-bond donors (Lipinski definition) is 7. The Kier molecular flexibility index (Phi) is 40.8. The molecule has 1 aliphatic heterocycles. The molecule has 0 bridgehead atoms. The van der Waals surface area contributed by atoms with E-state index in [1.54, 1.807) is 0 Å². The van der Waals surface area contributed by atoms with Crippen LogP contribution in [0.4, 0.5) is 0 Å². The van der Waals surface area contributed by atoms with Crippen molar-refractivity contribution in [3.05, 3.63) is 0 Å². The Morgan fingerprint density at radius 2 is 0.839 bits per heavy atom. The predicted octanol–water partition coefficient (Wildman–Crippen LogP) is 11.3. The topological polar surface area (TPSA) is 169 Å². The van der Waals surface area contributed by atoms with E-state index in [1.165, 1.54) is 199 Å². The molecule has 1 fully saturated rings. The first kappa shape index (κ1) is 59.2. The van der Waals surface area contributed by atoms with Crippen LogP contribution in [0.2, 0.25) is 0 Å². The number of carbonyl (C=O) groups is 1. The van der Waals surface area contributed by atoms with Crippen molar-refractivity contribution in [3.8, 4) is 0 Å². The van der Waals surface area contributed by atoms with Crippen molar-refractivity contribution < 1.29 is 44.9 Å². The van der Waals surface area contributed by atoms with Gasteiger partial charge in [-0.05, 0) is 12.8 Å². The summed E-state index contributed by atoms with van der Waals surface area (Å²) in [4.78, 5) is 13.1. The number of ether oxygens (including phenoxy) is 2. The molecule has 8 atom stereocenters. The summed E-state index contributed by atoms with van der Waals surface area (Å²) >= 11 is 0. The Morgan fingerprint density at radius 1 is 0.500 bits per heavy atom. The average molecular weight is 886 g/mol. The number of rotatable bonds is 46. The first-order valence-electron chi connectivity index (χ1n) is 26.8. The standard InChI is InChI=1S/C52H103NO9/c1-3-5-7-9-11-13-15-17-18-19-20-21-22-23-24-25-26-27-29-31-33-35-37-39-41-47(56)53-44(43-61-52-51(60)50(59)49(58)46(42-54)62-52)48(57)45(55)40-38-36-34-32-30-28-16-14-12-10-8-6-4-2/h44-46,48-52,54-55,57-60H,3-43H2,1-2H3,(H,53,56)/t44-,45-,46-,48+,49+,50+,51-,52+/m1/s1. The highest BCUT2D eigenvalue weighted by Crippen LogP contribution is 2.23. The fraction of sp³-hybridized carbons (Fsp3) is 0.981. The molecule has 1 saturated heterocycles. The maximum atomic E-state index is 13.1. The molecule has 1 amide bonds. The van der Waals surface area contributed by atoms with E-state index in [0.29, 0.717) is 6.42 Å². The van der Waals surface area contributed by atoms with Gasteiger partial charge in [-0.2, -0.15) is 0 Å². The van der Waals surface area contributed by atoms with Gasteiger partial charge in [0.05, 0.1) is 25.4 Å². The van der Waals surface area contributed by atoms with Crippen molar-refractivity contribution in [2.24, 2.45) is 0 Å². The summed E-state index contributed by atoms with van der Waals surface area (Å²) < 4.78 is 11.2. The van der Waals surface area contributed by atoms with Crippen molar-refractivity contribution >= 4 is 5.91 Å². The molecule has 0 aliphatic carbocycles. The van der Waals surface area contributed by atoms with Crippen molar-refractivity contribution in [1.82, 2.24) is 5.32 Å². The van der Waals surface area contributed by atoms with Gasteiger partial charge in [-0.3, -0.25) is 4.79 Å². The second kappa shape index (κ2) is 42.8. The zero-order valence-electron chi connectivity index (χ0n) is 40.5. The molecule has 0 aromatic carbocycles. The third kappa shape index (κ3) is 31.9. The third-order valence-corrected chi connectivity index (χ3v) is 13.3. The summed E-state index contributed by atoms with van der Waals surface area (Å²) in [5, 5.41) is 65.3. The van der Waals surface area contributed by atoms with Gasteiger partial charge >= 0.3 is 0 Å². The summed E-state index contributed by atoms with van der Waals surface area (Å²) in [6.07, 6.45) is 38.3. The molecule has 1 rings (SSSR count). The van der Waals surface area contributed by atoms with Crippen LogP contribution in [0, 0.1) is 0 Å². The Balaban J connectivity index is 2.25. The SMILES string of the molecule is CCCCCCCCCCCCCCCCCCCCCCCCCCC(=O)N[C@H](CO[C@H]1O[C@H](CO)[C@H](O)[C@H](O)[C@H]1O)[C@H](O)[C@H](O)CCCCCCCCCCCCCCC. The Labute approximate surface area is 381 Å². The largest absolute Gasteiger partial charge is 0.394 e. The minimum atomic E-state index is -1.60. The van der Waals surface area contributed by atoms with Gasteiger partial charge in [0.2, 0.25) is 5.91 Å². The zero-order valence-corrected chi connectivity index (χ0v) is 40.5. The van der Waals surface area contributed by atoms with Gasteiger partial charge in [-0.1, -0.05) is 245 Å². The molecule has 0 radical (unpaired) electrons. The van der Waals surface area contributed by atoms with Crippen molar-refractivity contribution in [2.45, 2.75) is 313 Å². The predicted molar refractivity (Wildman–Crippen MR) is 255 cm³/mol. The Hall–Kier alpha value is -0.850. The Bertz CT molecular complexity index is 957. The maximum absolute atomic E-state index is 13.1. The molecular weight excluding hydrogens is 783 g/mol. The number of aliphatic hydroxyl groups excluding tert-OH is 6. The molecule has 0 aromatic rings. The number of amides is 1. The molecule has 1 heterocycles. The summed E-state index contributed by atoms with van der Waals surface area (Å²) in [6, 6.07) is -0.985. The number of unbranched alkanes of at least 4 members (excludes halogenated alkanes) is 35. The van der Waals surface area contributed by atoms with Gasteiger partial charge in [0.15, 0.2) is 6.29 Å². The minimum Gasteiger partial charge on any atom is -0.394 e. The lowest BCUT2D eigenvalue weighted by Gasteiger charge is -2.40. The zero-order chi connectivity index (χ0) is 45.3. The van der Waals surface area contributed by atoms with E-state index in [4.69, 9.17) is 9.47 Å². The minimum absolute atomic E-state index is 0.251. The molecule has 0 saturated carbocycles. The quantitative estimate of drug-likeness (QED) is 0.0294. The van der Waals surface area contributed by atoms with Crippen LogP contribution in [-0.4, -0.2) is 98.7 Å². The highest BCUT2D eigenvalue weighted by atomic mass is 16.7. The normalized spacial score (nSPS) is 20.7. The lowest BCUT2D eigenvalue weighted by Crippen LogP contribution is -2.60. The van der Waals surface area contributed by atoms with E-state index in [2.05, 4.69) is 19.2 Å². The fourth-order valence-corrected chi connectivity index (χ4v) is 8.97. The average Bonchev–Trinajstić information content (AvgIpc) is 3.27. The molecule has 0 unspecified atom stereocenters. The van der Waals surface area contributed by atoms with E-state index in [-0.39, 0.29) is 18.9 Å². The monoisotopic (exact) mass is 886 g/mol. The van der Waals surface area contributed by atoms with E-state index >= 15 is 0 Å². The summed E-state index contributed by atoms with van der Waals surface area (Å²) in [6.45, 7) is 3.64. The van der Waals surface area contributed by atoms with Gasteiger partial charge in [0.1, 0.15) is 30.5 Å². The van der Waals surface area contributed by atoms with Gasteiger partial charge in [0.25, 0.3) is 0 Å². The third-order valence-electron chi connectivity index (χ3n) is 13.3. The lowest BCUT2D eigenvalue weighted by atomic mass is 9.98. The summed E-state index contributed by atoms with van der Waals surface area (Å²) in [5.41, 5.74) is 0. The van der Waals surface area contributed by atoms with Crippen LogP contribution in [0.3, 0.4) is 0 Å². The molecule has 62 heavy (non-hydrogen) atoms. The van der Waals surface area contributed by atoms with Crippen LogP contribution in [0.1, 0.15) is 264 Å². The summed E-state index contributed by atoms with van der Waals surface area (Å²) in [7, 11) is 0. The van der Waals surface area contributed by atoms with Crippen molar-refractivity contribution in [1.29, 1.82) is 0 Å². The Morgan fingerprint density at radius 3 is 1.19 bits per heavy atom. The first-order chi connectivity index (χ1) is 30.3. The number of carbonyl (C=O) groups excluding carboxylic acids is 1. The second-order valence-electron chi connectivity index (χ2n) is 19.2. The fourth-order valence-electron chi connectivity index (χ4n) is 8.97. The van der Waals surface area contributed by atoms with Gasteiger partial charge in [-0.15, -0.1) is 0 Å². The molecule has 0 aromatic heterocycles. The smallest absolute Gasteiger partial charge is 0.220 e. The van der Waals surface area contributed by atoms with Crippen LogP contribution in [0.25, 0.3) is 0 Å². The van der Waals surface area contributed by atoms with Crippen LogP contribution in [0.15, 0.2) is 0 Å². The van der Waals surface area contributed by atoms with E-state index in [1.807, 2.05) is 0 Å². The molecular formula is C52H103NO9. The van der Waals surface area contributed by atoms with Gasteiger partial charge in [-0.25, -0.2) is 0 Å². The van der Waals surface area contributed by atoms with Crippen molar-refractivity contribution in [2.75, 3.05) is 13.2 Å². The molecule has 10 nitrogen and oxygen atoms in total. The molecule has 1 aliphatic rings. The van der Waals surface area contributed by atoms with E-state index in [9.17, 15) is 35.4 Å². The van der Waals surface area contributed by atoms with Gasteiger partial charge in [0, 0.05) is 6.42 Å². The second-order valence-corrected chi connectivity index (χ2v) is 19.2. The van der Waals surface area contributed by atoms with Crippen LogP contribution < -0.4 is 5.32 Å². The highest BCUT2D eigenvalue weighted by Gasteiger charge is 2.44. The molecule has 0 spiro atoms. The van der Waals surface area contributed by atoms with E-state index < -0.39 is 55.6 Å². The molecule has 7 N–H and O–H groups in total. The highest BCUT2D eigenvalue weighted by molar-refractivity contribution is 5.76. The number of aliphatic hydroxyl groups is 6. The lowest BCUT2D eigenvalue weighted by molar-refractivity contribution is -0.303. The number of nitrogens with one attached hydrogen (secondary N) is 1. The summed E-state index contributed by atoms with van der Waals surface area (Å²) in [5.74, 6) is -0.251. The first-order valence-corrected chi connectivity index (χ1v) is 26.8. The molecule has 10 heteroatoms. The maximum Gasteiger partial charge on any atom is 0.220 e. The van der Waals surface area contributed by atoms with Crippen LogP contribution in [0.5, 0.6) is 0 Å². The molecule has 370 valence electrons. The van der Waals surface area contributed by atoms with Gasteiger partial charge < -0.3 is 45.4 Å². The van der Waals surface area contributed by atoms with E-state index in [0.717, 1.165) is 38.5 Å². The van der Waals surface area contributed by atoms with Crippen molar-refractivity contribution in [3.63, 3.8) is 0 Å².